The van der Waals surface area contributed by atoms with Crippen molar-refractivity contribution in [1.82, 2.24) is 25.2 Å². The number of para-hydroxylation sites is 1. The third kappa shape index (κ3) is 4.93. The lowest BCUT2D eigenvalue weighted by Crippen LogP contribution is -2.41. The van der Waals surface area contributed by atoms with Gasteiger partial charge in [-0.25, -0.2) is 0 Å². The number of aliphatic hydroxyl groups is 1. The zero-order valence-electron chi connectivity index (χ0n) is 19.6. The van der Waals surface area contributed by atoms with Crippen LogP contribution < -0.4 is 4.74 Å². The van der Waals surface area contributed by atoms with E-state index in [0.717, 1.165) is 63.0 Å². The molecule has 3 aliphatic rings. The Hall–Kier alpha value is -2.97. The number of hydrogen-bond acceptors (Lipinski definition) is 6. The number of hydrogen-bond donors (Lipinski definition) is 2. The number of fused-ring (bicyclic) bond motifs is 10. The van der Waals surface area contributed by atoms with Gasteiger partial charge in [0.15, 0.2) is 0 Å². The molecule has 180 valence electrons. The number of H-pyrrole nitrogens is 1. The molecule has 34 heavy (non-hydrogen) atoms. The number of nitrogens with one attached hydrogen (secondary N) is 1. The molecule has 2 N–H and O–H groups in total. The molecule has 3 aliphatic heterocycles. The number of ether oxygens (including phenoxy) is 1. The van der Waals surface area contributed by atoms with E-state index < -0.39 is 0 Å². The Morgan fingerprint density at radius 2 is 1.82 bits per heavy atom. The van der Waals surface area contributed by atoms with Crippen molar-refractivity contribution in [3.8, 4) is 5.75 Å². The molecule has 2 bridgehead atoms. The molecule has 3 aromatic rings. The van der Waals surface area contributed by atoms with E-state index in [4.69, 9.17) is 4.74 Å². The van der Waals surface area contributed by atoms with Gasteiger partial charge in [-0.05, 0) is 68.5 Å². The summed E-state index contributed by atoms with van der Waals surface area (Å²) in [5.74, 6) is 0.864. The predicted octanol–water partition coefficient (Wildman–Crippen LogP) is 3.24. The van der Waals surface area contributed by atoms with E-state index in [1.165, 1.54) is 5.56 Å². The molecule has 1 fully saturated rings. The van der Waals surface area contributed by atoms with Crippen LogP contribution in [0.25, 0.3) is 11.0 Å². The Morgan fingerprint density at radius 1 is 1.00 bits per heavy atom. The molecule has 0 spiro atoms. The van der Waals surface area contributed by atoms with E-state index in [9.17, 15) is 9.90 Å². The summed E-state index contributed by atoms with van der Waals surface area (Å²) >= 11 is 0. The molecule has 1 aromatic heterocycles. The smallest absolute Gasteiger partial charge is 0.254 e. The van der Waals surface area contributed by atoms with Crippen LogP contribution >= 0.6 is 0 Å². The summed E-state index contributed by atoms with van der Waals surface area (Å²) < 4.78 is 6.20. The number of carbonyl (C=O) groups is 1. The maximum absolute atomic E-state index is 13.4. The minimum absolute atomic E-state index is 0.000472. The molecule has 2 aromatic carbocycles. The lowest BCUT2D eigenvalue weighted by atomic mass is 9.75. The summed E-state index contributed by atoms with van der Waals surface area (Å²) in [5, 5.41) is 21.0. The molecular weight excluding hydrogens is 430 g/mol. The first-order valence-electron chi connectivity index (χ1n) is 12.3. The number of amides is 1. The standard InChI is InChI=1S/C26H33N5O3/c32-19-26-9-3-4-12-31(25(33)20-7-8-22-23(17-20)28-29-27-22)15-16-34-24-6-2-1-5-21(24)18-30(13-10-26)14-11-26/h1-2,5-8,17,32H,3-4,9-16,18-19H2,(H,27,28,29). The van der Waals surface area contributed by atoms with Crippen molar-refractivity contribution in [2.75, 3.05) is 39.4 Å². The van der Waals surface area contributed by atoms with Gasteiger partial charge in [-0.3, -0.25) is 9.69 Å². The first-order valence-corrected chi connectivity index (χ1v) is 12.3. The number of aromatic amines is 1. The number of benzene rings is 2. The summed E-state index contributed by atoms with van der Waals surface area (Å²) in [5.41, 5.74) is 3.21. The molecule has 8 nitrogen and oxygen atoms in total. The zero-order chi connectivity index (χ0) is 23.4. The van der Waals surface area contributed by atoms with Gasteiger partial charge in [0.25, 0.3) is 5.91 Å². The largest absolute Gasteiger partial charge is 0.491 e. The molecule has 1 saturated heterocycles. The van der Waals surface area contributed by atoms with Crippen LogP contribution in [0.1, 0.15) is 48.0 Å². The summed E-state index contributed by atoms with van der Waals surface area (Å²) in [6.45, 7) is 4.68. The lowest BCUT2D eigenvalue weighted by Gasteiger charge is -2.41. The van der Waals surface area contributed by atoms with Crippen LogP contribution in [0, 0.1) is 5.41 Å². The van der Waals surface area contributed by atoms with Crippen molar-refractivity contribution >= 4 is 16.9 Å². The summed E-state index contributed by atoms with van der Waals surface area (Å²) in [7, 11) is 0. The Bertz CT molecular complexity index is 1120. The average Bonchev–Trinajstić information content (AvgIpc) is 3.34. The maximum Gasteiger partial charge on any atom is 0.254 e. The van der Waals surface area contributed by atoms with Crippen LogP contribution in [0.15, 0.2) is 42.5 Å². The Labute approximate surface area is 199 Å². The lowest BCUT2D eigenvalue weighted by molar-refractivity contribution is 0.0319. The number of rotatable bonds is 2. The van der Waals surface area contributed by atoms with Crippen LogP contribution in [0.5, 0.6) is 5.75 Å². The van der Waals surface area contributed by atoms with Crippen molar-refractivity contribution in [3.63, 3.8) is 0 Å². The monoisotopic (exact) mass is 463 g/mol. The molecule has 0 saturated carbocycles. The average molecular weight is 464 g/mol. The zero-order valence-corrected chi connectivity index (χ0v) is 19.6. The fraction of sp³-hybridized carbons (Fsp3) is 0.500. The van der Waals surface area contributed by atoms with E-state index >= 15 is 0 Å². The second-order valence-electron chi connectivity index (χ2n) is 9.67. The van der Waals surface area contributed by atoms with Gasteiger partial charge in [-0.1, -0.05) is 24.6 Å². The summed E-state index contributed by atoms with van der Waals surface area (Å²) in [4.78, 5) is 17.8. The van der Waals surface area contributed by atoms with Crippen molar-refractivity contribution in [3.05, 3.63) is 53.6 Å². The van der Waals surface area contributed by atoms with Crippen LogP contribution in [-0.4, -0.2) is 75.6 Å². The molecular formula is C26H33N5O3. The Morgan fingerprint density at radius 3 is 2.68 bits per heavy atom. The highest BCUT2D eigenvalue weighted by Crippen LogP contribution is 2.37. The molecule has 6 rings (SSSR count). The van der Waals surface area contributed by atoms with Crippen molar-refractivity contribution in [2.24, 2.45) is 5.41 Å². The minimum atomic E-state index is -0.0185. The fourth-order valence-corrected chi connectivity index (χ4v) is 5.23. The highest BCUT2D eigenvalue weighted by Gasteiger charge is 2.34. The second kappa shape index (κ2) is 10.1. The number of aromatic nitrogens is 3. The predicted molar refractivity (Wildman–Crippen MR) is 130 cm³/mol. The van der Waals surface area contributed by atoms with Crippen molar-refractivity contribution in [2.45, 2.75) is 38.6 Å². The fourth-order valence-electron chi connectivity index (χ4n) is 5.23. The van der Waals surface area contributed by atoms with Crippen LogP contribution in [-0.2, 0) is 6.54 Å². The van der Waals surface area contributed by atoms with E-state index in [0.29, 0.717) is 30.8 Å². The molecule has 0 unspecified atom stereocenters. The van der Waals surface area contributed by atoms with Gasteiger partial charge in [0.1, 0.15) is 23.4 Å². The van der Waals surface area contributed by atoms with Gasteiger partial charge in [0.05, 0.1) is 6.54 Å². The van der Waals surface area contributed by atoms with Gasteiger partial charge < -0.3 is 14.7 Å². The first kappa shape index (κ1) is 22.8. The first-order chi connectivity index (χ1) is 16.7. The van der Waals surface area contributed by atoms with Gasteiger partial charge in [-0.2, -0.15) is 15.4 Å². The maximum atomic E-state index is 13.4. The Kier molecular flexibility index (Phi) is 6.78. The van der Waals surface area contributed by atoms with Crippen molar-refractivity contribution < 1.29 is 14.6 Å². The third-order valence-corrected chi connectivity index (χ3v) is 7.47. The van der Waals surface area contributed by atoms with Crippen LogP contribution in [0.4, 0.5) is 0 Å². The number of piperidine rings is 1. The molecule has 0 aliphatic carbocycles. The third-order valence-electron chi connectivity index (χ3n) is 7.47. The van der Waals surface area contributed by atoms with Crippen molar-refractivity contribution in [1.29, 1.82) is 0 Å². The number of nitrogens with zero attached hydrogens (tertiary/aromatic N) is 4. The topological polar surface area (TPSA) is 94.6 Å². The quantitative estimate of drug-likeness (QED) is 0.606. The molecule has 4 heterocycles. The summed E-state index contributed by atoms with van der Waals surface area (Å²) in [6.07, 6.45) is 4.91. The molecule has 0 atom stereocenters. The normalized spacial score (nSPS) is 24.1. The molecule has 8 heteroatoms. The highest BCUT2D eigenvalue weighted by atomic mass is 16.5. The second-order valence-corrected chi connectivity index (χ2v) is 9.67. The molecule has 1 amide bonds. The highest BCUT2D eigenvalue weighted by molar-refractivity contribution is 5.97. The van der Waals surface area contributed by atoms with Crippen LogP contribution in [0.2, 0.25) is 0 Å². The van der Waals surface area contributed by atoms with E-state index in [1.807, 2.05) is 35.2 Å². The van der Waals surface area contributed by atoms with Gasteiger partial charge in [0.2, 0.25) is 0 Å². The summed E-state index contributed by atoms with van der Waals surface area (Å²) in [6, 6.07) is 13.6. The van der Waals surface area contributed by atoms with Gasteiger partial charge in [-0.15, -0.1) is 0 Å². The Balaban J connectivity index is 1.36. The van der Waals surface area contributed by atoms with Gasteiger partial charge in [0, 0.05) is 30.8 Å². The van der Waals surface area contributed by atoms with Crippen LogP contribution in [0.3, 0.4) is 0 Å². The van der Waals surface area contributed by atoms with E-state index in [-0.39, 0.29) is 17.9 Å². The molecule has 0 radical (unpaired) electrons. The number of aliphatic hydroxyl groups excluding tert-OH is 1. The van der Waals surface area contributed by atoms with E-state index in [1.54, 1.807) is 6.07 Å². The SMILES string of the molecule is O=C(c1ccc2n[nH]nc2c1)N1CCCCC2(CO)CCN(CC2)Cc2ccccc2OCC1. The van der Waals surface area contributed by atoms with Gasteiger partial charge >= 0.3 is 0 Å². The van der Waals surface area contributed by atoms with E-state index in [2.05, 4.69) is 26.4 Å². The number of carbonyl (C=O) groups excluding carboxylic acids is 1. The minimum Gasteiger partial charge on any atom is -0.491 e.